The molecule has 2 aliphatic heterocycles. The Balaban J connectivity index is 1.38. The Morgan fingerprint density at radius 3 is 2.16 bits per heavy atom. The van der Waals surface area contributed by atoms with Gasteiger partial charge in [-0.15, -0.1) is 6.58 Å². The molecule has 0 aromatic heterocycles. The molecular weight excluding hydrogens is 646 g/mol. The van der Waals surface area contributed by atoms with E-state index in [1.807, 2.05) is 27.7 Å². The van der Waals surface area contributed by atoms with Gasteiger partial charge in [-0.2, -0.15) is 0 Å². The number of sulfone groups is 1. The molecule has 5 rings (SSSR count). The molecule has 4 N–H and O–H groups in total. The lowest BCUT2D eigenvalue weighted by atomic mass is 9.78. The molecule has 3 saturated carbocycles. The molecule has 3 aliphatic carbocycles. The Morgan fingerprint density at radius 2 is 1.61 bits per heavy atom. The lowest BCUT2D eigenvalue weighted by Crippen LogP contribution is -2.65. The van der Waals surface area contributed by atoms with E-state index < -0.39 is 79.1 Å². The average molecular weight is 704 g/mol. The van der Waals surface area contributed by atoms with Crippen LogP contribution in [0.15, 0.2) is 12.7 Å². The Morgan fingerprint density at radius 1 is 0.959 bits per heavy atom. The molecule has 2 saturated heterocycles. The summed E-state index contributed by atoms with van der Waals surface area (Å²) in [5.41, 5.74) is -2.49. The third-order valence-corrected chi connectivity index (χ3v) is 15.1. The molecule has 6 atom stereocenters. The van der Waals surface area contributed by atoms with Gasteiger partial charge in [0.15, 0.2) is 9.84 Å². The van der Waals surface area contributed by atoms with Crippen molar-refractivity contribution in [1.82, 2.24) is 26.2 Å². The minimum absolute atomic E-state index is 0.0145. The lowest BCUT2D eigenvalue weighted by molar-refractivity contribution is -0.146. The van der Waals surface area contributed by atoms with E-state index in [0.717, 1.165) is 32.1 Å². The molecule has 12 nitrogen and oxygen atoms in total. The molecule has 5 amide bonds. The van der Waals surface area contributed by atoms with Gasteiger partial charge in [0.25, 0.3) is 5.91 Å². The number of nitrogens with zero attached hydrogens (tertiary/aromatic N) is 1. The lowest BCUT2D eigenvalue weighted by Gasteiger charge is -2.43. The van der Waals surface area contributed by atoms with Gasteiger partial charge in [0.1, 0.15) is 12.1 Å². The van der Waals surface area contributed by atoms with Crippen LogP contribution in [-0.2, 0) is 29.0 Å². The summed E-state index contributed by atoms with van der Waals surface area (Å²) in [7, 11) is -3.36. The molecule has 0 spiro atoms. The van der Waals surface area contributed by atoms with E-state index in [9.17, 15) is 32.4 Å². The zero-order chi connectivity index (χ0) is 36.2. The summed E-state index contributed by atoms with van der Waals surface area (Å²) in [5.74, 6) is -2.03. The third-order valence-electron chi connectivity index (χ3n) is 12.7. The van der Waals surface area contributed by atoms with Crippen molar-refractivity contribution in [2.24, 2.45) is 28.1 Å². The molecule has 49 heavy (non-hydrogen) atoms. The van der Waals surface area contributed by atoms with Gasteiger partial charge in [-0.05, 0) is 54.8 Å². The van der Waals surface area contributed by atoms with Crippen molar-refractivity contribution in [2.45, 2.75) is 135 Å². The number of fused-ring (bicyclic) bond motifs is 1. The first-order valence-electron chi connectivity index (χ1n) is 18.1. The van der Waals surface area contributed by atoms with Crippen LogP contribution in [0.25, 0.3) is 0 Å². The molecule has 0 aromatic rings. The standard InChI is InChI=1S/C36H57N5O7S/c1-8-18-37-29(43)26(42)23(20-22-14-15-22)38-30(44)28-35(7)24(34(35,5)6)21-41(28)31(45)27(33(2,3)4)39-32(46)40-36(16-10-9-11-17-36)25-13-12-19-49(25,47)48/h8,22-25,27-28H,1,9-21H2,2-7H3,(H,37,43)(H,38,44)(H2,39,40,46)/t23?,24?,25?,27-,28-,35+/m1/s1. The summed E-state index contributed by atoms with van der Waals surface area (Å²) in [4.78, 5) is 70.1. The summed E-state index contributed by atoms with van der Waals surface area (Å²) in [6, 6.07) is -3.56. The molecule has 13 heteroatoms. The first-order valence-corrected chi connectivity index (χ1v) is 19.9. The fourth-order valence-corrected chi connectivity index (χ4v) is 11.6. The second-order valence-corrected chi connectivity index (χ2v) is 19.5. The maximum atomic E-state index is 14.6. The Hall–Kier alpha value is -2.96. The van der Waals surface area contributed by atoms with Gasteiger partial charge in [0, 0.05) is 18.5 Å². The normalized spacial score (nSPS) is 30.7. The molecule has 3 unspecified atom stereocenters. The van der Waals surface area contributed by atoms with Crippen LogP contribution in [0, 0.1) is 28.1 Å². The van der Waals surface area contributed by atoms with Crippen molar-refractivity contribution in [3.8, 4) is 0 Å². The van der Waals surface area contributed by atoms with E-state index in [-0.39, 0.29) is 29.5 Å². The summed E-state index contributed by atoms with van der Waals surface area (Å²) >= 11 is 0. The highest BCUT2D eigenvalue weighted by atomic mass is 32.2. The topological polar surface area (TPSA) is 171 Å². The fourth-order valence-electron chi connectivity index (χ4n) is 9.26. The molecule has 0 aromatic carbocycles. The highest BCUT2D eigenvalue weighted by Crippen LogP contribution is 2.74. The van der Waals surface area contributed by atoms with Crippen LogP contribution in [0.4, 0.5) is 4.79 Å². The molecule has 0 radical (unpaired) electrons. The second kappa shape index (κ2) is 13.3. The number of Topliss-reactive ketones (excluding diaryl/α,β-unsaturated/α-hetero) is 1. The zero-order valence-corrected chi connectivity index (χ0v) is 31.0. The number of hydrogen-bond acceptors (Lipinski definition) is 7. The molecule has 5 aliphatic rings. The number of amides is 5. The average Bonchev–Trinajstić information content (AvgIpc) is 3.80. The second-order valence-electron chi connectivity index (χ2n) is 17.2. The monoisotopic (exact) mass is 703 g/mol. The fraction of sp³-hybridized carbons (Fsp3) is 0.806. The number of rotatable bonds is 12. The van der Waals surface area contributed by atoms with Crippen molar-refractivity contribution in [3.63, 3.8) is 0 Å². The number of hydrogen-bond donors (Lipinski definition) is 4. The van der Waals surface area contributed by atoms with E-state index in [1.54, 1.807) is 4.90 Å². The minimum Gasteiger partial charge on any atom is -0.346 e. The molecule has 5 fully saturated rings. The Bertz CT molecular complexity index is 1480. The summed E-state index contributed by atoms with van der Waals surface area (Å²) < 4.78 is 26.2. The summed E-state index contributed by atoms with van der Waals surface area (Å²) in [6.45, 7) is 15.7. The first kappa shape index (κ1) is 37.3. The van der Waals surface area contributed by atoms with Crippen LogP contribution in [0.1, 0.15) is 106 Å². The third kappa shape index (κ3) is 7.02. The number of likely N-dealkylation sites (tertiary alicyclic amines) is 1. The van der Waals surface area contributed by atoms with E-state index in [1.165, 1.54) is 6.08 Å². The van der Waals surface area contributed by atoms with Crippen molar-refractivity contribution in [3.05, 3.63) is 12.7 Å². The van der Waals surface area contributed by atoms with E-state index in [4.69, 9.17) is 0 Å². The minimum atomic E-state index is -3.36. The number of piperidine rings is 1. The Kier molecular flexibility index (Phi) is 10.1. The van der Waals surface area contributed by atoms with Crippen molar-refractivity contribution in [2.75, 3.05) is 18.8 Å². The maximum absolute atomic E-state index is 14.6. The van der Waals surface area contributed by atoms with Gasteiger partial charge in [-0.25, -0.2) is 13.2 Å². The van der Waals surface area contributed by atoms with Crippen LogP contribution >= 0.6 is 0 Å². The number of carbonyl (C=O) groups is 5. The highest BCUT2D eigenvalue weighted by Gasteiger charge is 2.78. The number of urea groups is 1. The van der Waals surface area contributed by atoms with E-state index in [2.05, 4.69) is 41.7 Å². The van der Waals surface area contributed by atoms with Gasteiger partial charge >= 0.3 is 6.03 Å². The highest BCUT2D eigenvalue weighted by molar-refractivity contribution is 7.92. The smallest absolute Gasteiger partial charge is 0.315 e. The van der Waals surface area contributed by atoms with E-state index >= 15 is 0 Å². The van der Waals surface area contributed by atoms with Crippen LogP contribution in [-0.4, -0.2) is 90.6 Å². The maximum Gasteiger partial charge on any atom is 0.315 e. The van der Waals surface area contributed by atoms with Gasteiger partial charge in [-0.3, -0.25) is 19.2 Å². The quantitative estimate of drug-likeness (QED) is 0.179. The van der Waals surface area contributed by atoms with Gasteiger partial charge in [-0.1, -0.05) is 79.7 Å². The summed E-state index contributed by atoms with van der Waals surface area (Å²) in [5, 5.41) is 10.7. The molecular formula is C36H57N5O7S. The van der Waals surface area contributed by atoms with Crippen LogP contribution in [0.3, 0.4) is 0 Å². The predicted molar refractivity (Wildman–Crippen MR) is 186 cm³/mol. The predicted octanol–water partition coefficient (Wildman–Crippen LogP) is 3.01. The van der Waals surface area contributed by atoms with Crippen LogP contribution < -0.4 is 21.3 Å². The zero-order valence-electron chi connectivity index (χ0n) is 30.2. The van der Waals surface area contributed by atoms with Crippen molar-refractivity contribution < 1.29 is 32.4 Å². The largest absolute Gasteiger partial charge is 0.346 e. The molecule has 0 bridgehead atoms. The number of carbonyl (C=O) groups excluding carboxylic acids is 5. The van der Waals surface area contributed by atoms with Crippen LogP contribution in [0.5, 0.6) is 0 Å². The van der Waals surface area contributed by atoms with Crippen molar-refractivity contribution >= 4 is 39.4 Å². The van der Waals surface area contributed by atoms with Gasteiger partial charge in [0.2, 0.25) is 17.6 Å². The molecule has 274 valence electrons. The van der Waals surface area contributed by atoms with E-state index in [0.29, 0.717) is 38.6 Å². The number of ketones is 1. The van der Waals surface area contributed by atoms with Crippen molar-refractivity contribution in [1.29, 1.82) is 0 Å². The first-order chi connectivity index (χ1) is 22.8. The van der Waals surface area contributed by atoms with Crippen LogP contribution in [0.2, 0.25) is 0 Å². The molecule has 2 heterocycles. The van der Waals surface area contributed by atoms with Gasteiger partial charge in [0.05, 0.1) is 22.6 Å². The summed E-state index contributed by atoms with van der Waals surface area (Å²) in [6.07, 6.45) is 8.47. The number of nitrogens with one attached hydrogen (secondary N) is 4. The Labute approximate surface area is 291 Å². The SMILES string of the molecule is C=CCNC(=O)C(=O)C(CC1CC1)NC(=O)[C@H]1N(C(=O)[C@@H](NC(=O)NC2(C3CCCS3(=O)=O)CCCCC2)C(C)(C)C)CC2C(C)(C)[C@@]21C. The van der Waals surface area contributed by atoms with Gasteiger partial charge < -0.3 is 26.2 Å².